The highest BCUT2D eigenvalue weighted by atomic mass is 32.1. The van der Waals surface area contributed by atoms with Gasteiger partial charge in [0.15, 0.2) is 0 Å². The molecular formula is C12H14N2O2S. The predicted molar refractivity (Wildman–Crippen MR) is 64.7 cm³/mol. The molecule has 1 aliphatic rings. The van der Waals surface area contributed by atoms with Crippen LogP contribution in [0.5, 0.6) is 0 Å². The van der Waals surface area contributed by atoms with Gasteiger partial charge in [-0.2, -0.15) is 5.26 Å². The number of nitrogens with zero attached hydrogens (tertiary/aromatic N) is 2. The van der Waals surface area contributed by atoms with E-state index in [1.807, 2.05) is 6.07 Å². The molecule has 0 radical (unpaired) electrons. The van der Waals surface area contributed by atoms with Crippen molar-refractivity contribution in [3.63, 3.8) is 0 Å². The number of rotatable bonds is 2. The molecule has 1 unspecified atom stereocenters. The third-order valence-electron chi connectivity index (χ3n) is 3.04. The first-order chi connectivity index (χ1) is 8.26. The number of carbonyl (C=O) groups excluding carboxylic acids is 1. The Morgan fingerprint density at radius 2 is 2.53 bits per heavy atom. The van der Waals surface area contributed by atoms with E-state index < -0.39 is 0 Å². The number of thiophene rings is 1. The maximum absolute atomic E-state index is 12.2. The van der Waals surface area contributed by atoms with Gasteiger partial charge in [-0.3, -0.25) is 4.79 Å². The molecule has 0 spiro atoms. The molecule has 4 nitrogen and oxygen atoms in total. The van der Waals surface area contributed by atoms with Crippen molar-refractivity contribution in [3.05, 3.63) is 21.9 Å². The predicted octanol–water partition coefficient (Wildman–Crippen LogP) is 1.46. The molecule has 1 amide bonds. The van der Waals surface area contributed by atoms with Gasteiger partial charge in [-0.1, -0.05) is 0 Å². The number of likely N-dealkylation sites (tertiary alicyclic amines) is 1. The van der Waals surface area contributed by atoms with E-state index in [1.165, 1.54) is 11.3 Å². The van der Waals surface area contributed by atoms with E-state index in [4.69, 9.17) is 10.4 Å². The first-order valence-electron chi connectivity index (χ1n) is 5.64. The average molecular weight is 250 g/mol. The first kappa shape index (κ1) is 12.1. The molecule has 1 aliphatic heterocycles. The highest BCUT2D eigenvalue weighted by Crippen LogP contribution is 2.22. The summed E-state index contributed by atoms with van der Waals surface area (Å²) in [5.41, 5.74) is 0.450. The van der Waals surface area contributed by atoms with Crippen LogP contribution in [0.15, 0.2) is 11.4 Å². The van der Waals surface area contributed by atoms with Gasteiger partial charge in [0.05, 0.1) is 5.56 Å². The molecule has 0 aliphatic carbocycles. The highest BCUT2D eigenvalue weighted by molar-refractivity contribution is 7.12. The summed E-state index contributed by atoms with van der Waals surface area (Å²) >= 11 is 1.31. The maximum Gasteiger partial charge on any atom is 0.265 e. The van der Waals surface area contributed by atoms with E-state index in [0.717, 1.165) is 19.4 Å². The largest absolute Gasteiger partial charge is 0.396 e. The number of carbonyl (C=O) groups is 1. The third kappa shape index (κ3) is 2.48. The van der Waals surface area contributed by atoms with E-state index in [9.17, 15) is 4.79 Å². The summed E-state index contributed by atoms with van der Waals surface area (Å²) in [6.07, 6.45) is 1.89. The van der Waals surface area contributed by atoms with Crippen molar-refractivity contribution in [1.82, 2.24) is 4.90 Å². The molecule has 17 heavy (non-hydrogen) atoms. The molecule has 0 aromatic carbocycles. The van der Waals surface area contributed by atoms with Crippen molar-refractivity contribution in [3.8, 4) is 6.07 Å². The minimum atomic E-state index is -0.0744. The van der Waals surface area contributed by atoms with Gasteiger partial charge < -0.3 is 10.0 Å². The molecule has 1 atom stereocenters. The van der Waals surface area contributed by atoms with Crippen molar-refractivity contribution in [2.24, 2.45) is 5.92 Å². The Balaban J connectivity index is 2.12. The number of nitriles is 1. The Bertz CT molecular complexity index is 450. The van der Waals surface area contributed by atoms with E-state index in [1.54, 1.807) is 16.3 Å². The van der Waals surface area contributed by atoms with E-state index >= 15 is 0 Å². The van der Waals surface area contributed by atoms with E-state index in [-0.39, 0.29) is 18.4 Å². The Hall–Kier alpha value is -1.38. The number of aliphatic hydroxyl groups is 1. The molecule has 0 saturated carbocycles. The smallest absolute Gasteiger partial charge is 0.265 e. The van der Waals surface area contributed by atoms with Crippen LogP contribution in [0.25, 0.3) is 0 Å². The van der Waals surface area contributed by atoms with Crippen LogP contribution in [0, 0.1) is 17.2 Å². The van der Waals surface area contributed by atoms with Crippen LogP contribution in [0.2, 0.25) is 0 Å². The lowest BCUT2D eigenvalue weighted by Gasteiger charge is -2.31. The summed E-state index contributed by atoms with van der Waals surface area (Å²) in [6, 6.07) is 3.71. The number of piperidine rings is 1. The lowest BCUT2D eigenvalue weighted by atomic mass is 9.99. The summed E-state index contributed by atoms with van der Waals surface area (Å²) in [5.74, 6) is 0.105. The molecule has 1 N–H and O–H groups in total. The van der Waals surface area contributed by atoms with Crippen molar-refractivity contribution < 1.29 is 9.90 Å². The maximum atomic E-state index is 12.2. The fourth-order valence-electron chi connectivity index (χ4n) is 2.11. The number of aliphatic hydroxyl groups excluding tert-OH is 1. The summed E-state index contributed by atoms with van der Waals surface area (Å²) in [5, 5.41) is 19.8. The van der Waals surface area contributed by atoms with Gasteiger partial charge in [-0.15, -0.1) is 11.3 Å². The molecule has 5 heteroatoms. The fraction of sp³-hybridized carbons (Fsp3) is 0.500. The monoisotopic (exact) mass is 250 g/mol. The van der Waals surface area contributed by atoms with E-state index in [2.05, 4.69) is 0 Å². The van der Waals surface area contributed by atoms with Crippen LogP contribution in [-0.2, 0) is 0 Å². The van der Waals surface area contributed by atoms with Crippen LogP contribution in [0.4, 0.5) is 0 Å². The number of hydrogen-bond donors (Lipinski definition) is 1. The Labute approximate surface area is 104 Å². The lowest BCUT2D eigenvalue weighted by molar-refractivity contribution is 0.0625. The topological polar surface area (TPSA) is 64.3 Å². The Kier molecular flexibility index (Phi) is 3.77. The lowest BCUT2D eigenvalue weighted by Crippen LogP contribution is -2.40. The van der Waals surface area contributed by atoms with E-state index in [0.29, 0.717) is 17.0 Å². The summed E-state index contributed by atoms with van der Waals surface area (Å²) in [6.45, 7) is 1.44. The second-order valence-corrected chi connectivity index (χ2v) is 5.13. The summed E-state index contributed by atoms with van der Waals surface area (Å²) in [7, 11) is 0. The van der Waals surface area contributed by atoms with Gasteiger partial charge in [0, 0.05) is 19.7 Å². The van der Waals surface area contributed by atoms with Gasteiger partial charge in [-0.05, 0) is 30.2 Å². The molecule has 1 aromatic rings. The summed E-state index contributed by atoms with van der Waals surface area (Å²) in [4.78, 5) is 14.5. The molecule has 2 rings (SSSR count). The quantitative estimate of drug-likeness (QED) is 0.864. The van der Waals surface area contributed by atoms with Gasteiger partial charge in [-0.25, -0.2) is 0 Å². The van der Waals surface area contributed by atoms with Crippen LogP contribution >= 0.6 is 11.3 Å². The van der Waals surface area contributed by atoms with Crippen molar-refractivity contribution >= 4 is 17.2 Å². The highest BCUT2D eigenvalue weighted by Gasteiger charge is 2.26. The van der Waals surface area contributed by atoms with Crippen LogP contribution < -0.4 is 0 Å². The van der Waals surface area contributed by atoms with Gasteiger partial charge >= 0.3 is 0 Å². The average Bonchev–Trinajstić information content (AvgIpc) is 2.86. The summed E-state index contributed by atoms with van der Waals surface area (Å²) < 4.78 is 0. The molecule has 1 aromatic heterocycles. The second kappa shape index (κ2) is 5.30. The molecular weight excluding hydrogens is 236 g/mol. The minimum Gasteiger partial charge on any atom is -0.396 e. The molecule has 1 saturated heterocycles. The minimum absolute atomic E-state index is 0.0744. The normalized spacial score (nSPS) is 20.0. The van der Waals surface area contributed by atoms with Crippen LogP contribution in [0.1, 0.15) is 28.1 Å². The molecule has 2 heterocycles. The number of amides is 1. The van der Waals surface area contributed by atoms with Gasteiger partial charge in [0.1, 0.15) is 10.9 Å². The van der Waals surface area contributed by atoms with Crippen LogP contribution in [0.3, 0.4) is 0 Å². The van der Waals surface area contributed by atoms with Crippen molar-refractivity contribution in [2.45, 2.75) is 12.8 Å². The first-order valence-corrected chi connectivity index (χ1v) is 6.52. The van der Waals surface area contributed by atoms with Crippen molar-refractivity contribution in [2.75, 3.05) is 19.7 Å². The SMILES string of the molecule is N#Cc1ccsc1C(=O)N1CCCC(CO)C1. The second-order valence-electron chi connectivity index (χ2n) is 4.22. The zero-order chi connectivity index (χ0) is 12.3. The third-order valence-corrected chi connectivity index (χ3v) is 3.95. The standard InChI is InChI=1S/C12H14N2O2S/c13-6-10-3-5-17-11(10)12(16)14-4-1-2-9(7-14)8-15/h3,5,9,15H,1-2,4,7-8H2. The van der Waals surface area contributed by atoms with Gasteiger partial charge in [0.25, 0.3) is 5.91 Å². The zero-order valence-electron chi connectivity index (χ0n) is 9.43. The number of hydrogen-bond acceptors (Lipinski definition) is 4. The molecule has 0 bridgehead atoms. The molecule has 1 fully saturated rings. The molecule has 90 valence electrons. The van der Waals surface area contributed by atoms with Crippen molar-refractivity contribution in [1.29, 1.82) is 5.26 Å². The van der Waals surface area contributed by atoms with Crippen LogP contribution in [-0.4, -0.2) is 35.6 Å². The Morgan fingerprint density at radius 3 is 3.24 bits per heavy atom. The van der Waals surface area contributed by atoms with Gasteiger partial charge in [0.2, 0.25) is 0 Å². The Morgan fingerprint density at radius 1 is 1.71 bits per heavy atom. The fourth-order valence-corrected chi connectivity index (χ4v) is 2.92. The zero-order valence-corrected chi connectivity index (χ0v) is 10.2.